The first-order valence-corrected chi connectivity index (χ1v) is 9.91. The van der Waals surface area contributed by atoms with Crippen LogP contribution in [0.3, 0.4) is 0 Å². The molecule has 0 aromatic heterocycles. The van der Waals surface area contributed by atoms with Crippen LogP contribution in [0.25, 0.3) is 0 Å². The summed E-state index contributed by atoms with van der Waals surface area (Å²) in [7, 11) is 0. The van der Waals surface area contributed by atoms with E-state index in [1.165, 1.54) is 12.1 Å². The smallest absolute Gasteiger partial charge is 0.315 e. The van der Waals surface area contributed by atoms with Crippen LogP contribution in [0, 0.1) is 5.82 Å². The second-order valence-electron chi connectivity index (χ2n) is 7.39. The number of ether oxygens (including phenoxy) is 1. The molecule has 0 bridgehead atoms. The van der Waals surface area contributed by atoms with Gasteiger partial charge in [0.05, 0.1) is 12.1 Å². The number of benzene rings is 2. The molecule has 3 unspecified atom stereocenters. The van der Waals surface area contributed by atoms with Crippen molar-refractivity contribution in [3.05, 3.63) is 64.4 Å². The maximum atomic E-state index is 13.0. The maximum absolute atomic E-state index is 13.0. The minimum Gasteiger partial charge on any atom is -0.489 e. The van der Waals surface area contributed by atoms with Gasteiger partial charge in [-0.3, -0.25) is 0 Å². The SMILES string of the molecule is Cl.O=C1NC2CCC(NCc3cc(Cl)ccc3OCc3ccc(F)cc3)CC2N1. The zero-order chi connectivity index (χ0) is 19.5. The summed E-state index contributed by atoms with van der Waals surface area (Å²) in [4.78, 5) is 11.5. The molecule has 2 aliphatic rings. The van der Waals surface area contributed by atoms with Crippen LogP contribution in [0.15, 0.2) is 42.5 Å². The van der Waals surface area contributed by atoms with Crippen LogP contribution in [-0.2, 0) is 13.2 Å². The molecule has 1 heterocycles. The Morgan fingerprint density at radius 1 is 1.10 bits per heavy atom. The van der Waals surface area contributed by atoms with E-state index in [4.69, 9.17) is 16.3 Å². The molecular formula is C21H24Cl2FN3O2. The molecule has 3 atom stereocenters. The molecule has 1 saturated heterocycles. The van der Waals surface area contributed by atoms with Crippen LogP contribution in [0.5, 0.6) is 5.75 Å². The van der Waals surface area contributed by atoms with Gasteiger partial charge in [0.1, 0.15) is 18.2 Å². The average molecular weight is 440 g/mol. The van der Waals surface area contributed by atoms with Crippen LogP contribution in [-0.4, -0.2) is 24.2 Å². The average Bonchev–Trinajstić information content (AvgIpc) is 3.06. The third-order valence-electron chi connectivity index (χ3n) is 5.39. The Balaban J connectivity index is 0.00000240. The number of nitrogens with one attached hydrogen (secondary N) is 3. The zero-order valence-corrected chi connectivity index (χ0v) is 17.4. The van der Waals surface area contributed by atoms with E-state index in [1.807, 2.05) is 12.1 Å². The van der Waals surface area contributed by atoms with Gasteiger partial charge in [0.2, 0.25) is 0 Å². The Bertz CT molecular complexity index is 850. The molecule has 1 aliphatic heterocycles. The van der Waals surface area contributed by atoms with Gasteiger partial charge < -0.3 is 20.7 Å². The number of amides is 2. The van der Waals surface area contributed by atoms with Crippen LogP contribution in [0.1, 0.15) is 30.4 Å². The first kappa shape index (κ1) is 21.7. The first-order valence-electron chi connectivity index (χ1n) is 9.53. The van der Waals surface area contributed by atoms with Gasteiger partial charge in [0, 0.05) is 23.2 Å². The summed E-state index contributed by atoms with van der Waals surface area (Å²) < 4.78 is 19.0. The van der Waals surface area contributed by atoms with Crippen molar-refractivity contribution >= 4 is 30.0 Å². The van der Waals surface area contributed by atoms with Crippen molar-refractivity contribution in [3.63, 3.8) is 0 Å². The number of rotatable bonds is 6. The molecule has 2 amide bonds. The molecule has 5 nitrogen and oxygen atoms in total. The van der Waals surface area contributed by atoms with Gasteiger partial charge in [-0.15, -0.1) is 12.4 Å². The largest absolute Gasteiger partial charge is 0.489 e. The predicted molar refractivity (Wildman–Crippen MR) is 113 cm³/mol. The highest BCUT2D eigenvalue weighted by Gasteiger charge is 2.36. The molecule has 29 heavy (non-hydrogen) atoms. The molecule has 1 aliphatic carbocycles. The number of hydrogen-bond donors (Lipinski definition) is 3. The number of fused-ring (bicyclic) bond motifs is 1. The Morgan fingerprint density at radius 2 is 1.86 bits per heavy atom. The van der Waals surface area contributed by atoms with E-state index >= 15 is 0 Å². The van der Waals surface area contributed by atoms with Crippen LogP contribution in [0.2, 0.25) is 5.02 Å². The van der Waals surface area contributed by atoms with Crippen molar-refractivity contribution in [2.75, 3.05) is 0 Å². The molecule has 156 valence electrons. The quantitative estimate of drug-likeness (QED) is 0.632. The standard InChI is InChI=1S/C21H23ClFN3O2.ClH/c22-15-3-8-20(28-12-13-1-4-16(23)5-2-13)14(9-15)11-24-17-6-7-18-19(10-17)26-21(27)25-18;/h1-5,8-9,17-19,24H,6-7,10-12H2,(H2,25,26,27);1H. The lowest BCUT2D eigenvalue weighted by Gasteiger charge is -2.31. The van der Waals surface area contributed by atoms with Gasteiger partial charge in [0.15, 0.2) is 0 Å². The molecule has 2 aromatic carbocycles. The minimum absolute atomic E-state index is 0. The van der Waals surface area contributed by atoms with Gasteiger partial charge in [-0.25, -0.2) is 9.18 Å². The number of halogens is 3. The van der Waals surface area contributed by atoms with Crippen molar-refractivity contribution < 1.29 is 13.9 Å². The second kappa shape index (κ2) is 9.65. The van der Waals surface area contributed by atoms with Gasteiger partial charge in [0.25, 0.3) is 0 Å². The fourth-order valence-corrected chi connectivity index (χ4v) is 4.08. The molecule has 2 fully saturated rings. The van der Waals surface area contributed by atoms with Crippen molar-refractivity contribution in [1.29, 1.82) is 0 Å². The molecule has 1 saturated carbocycles. The number of carbonyl (C=O) groups is 1. The van der Waals surface area contributed by atoms with Gasteiger partial charge >= 0.3 is 6.03 Å². The molecule has 2 aromatic rings. The summed E-state index contributed by atoms with van der Waals surface area (Å²) in [5, 5.41) is 10.2. The third kappa shape index (κ3) is 5.53. The summed E-state index contributed by atoms with van der Waals surface area (Å²) in [6.07, 6.45) is 2.87. The monoisotopic (exact) mass is 439 g/mol. The van der Waals surface area contributed by atoms with E-state index in [0.717, 1.165) is 36.1 Å². The topological polar surface area (TPSA) is 62.4 Å². The van der Waals surface area contributed by atoms with E-state index in [2.05, 4.69) is 16.0 Å². The lowest BCUT2D eigenvalue weighted by Crippen LogP contribution is -2.46. The maximum Gasteiger partial charge on any atom is 0.315 e. The summed E-state index contributed by atoms with van der Waals surface area (Å²) in [6.45, 7) is 0.989. The fourth-order valence-electron chi connectivity index (χ4n) is 3.89. The fraction of sp³-hybridized carbons (Fsp3) is 0.381. The van der Waals surface area contributed by atoms with Crippen molar-refractivity contribution in [2.24, 2.45) is 0 Å². The minimum atomic E-state index is -0.261. The summed E-state index contributed by atoms with van der Waals surface area (Å²) in [5.41, 5.74) is 1.88. The van der Waals surface area contributed by atoms with Crippen molar-refractivity contribution in [3.8, 4) is 5.75 Å². The van der Waals surface area contributed by atoms with E-state index in [0.29, 0.717) is 24.2 Å². The van der Waals surface area contributed by atoms with Gasteiger partial charge in [-0.2, -0.15) is 0 Å². The van der Waals surface area contributed by atoms with Gasteiger partial charge in [-0.1, -0.05) is 23.7 Å². The Morgan fingerprint density at radius 3 is 2.66 bits per heavy atom. The highest BCUT2D eigenvalue weighted by molar-refractivity contribution is 6.30. The summed E-state index contributed by atoms with van der Waals surface area (Å²) >= 11 is 6.18. The first-order chi connectivity index (χ1) is 13.6. The normalized spacial score (nSPS) is 22.8. The molecule has 8 heteroatoms. The number of carbonyl (C=O) groups excluding carboxylic acids is 1. The highest BCUT2D eigenvalue weighted by atomic mass is 35.5. The Hall–Kier alpha value is -2.02. The van der Waals surface area contributed by atoms with E-state index in [1.54, 1.807) is 18.2 Å². The molecule has 3 N–H and O–H groups in total. The number of hydrogen-bond acceptors (Lipinski definition) is 3. The third-order valence-corrected chi connectivity index (χ3v) is 5.63. The zero-order valence-electron chi connectivity index (χ0n) is 15.8. The molecule has 4 rings (SSSR count). The molecule has 0 spiro atoms. The highest BCUT2D eigenvalue weighted by Crippen LogP contribution is 2.26. The van der Waals surface area contributed by atoms with E-state index in [9.17, 15) is 9.18 Å². The Labute approximate surface area is 180 Å². The Kier molecular flexibility index (Phi) is 7.22. The summed E-state index contributed by atoms with van der Waals surface area (Å²) in [5.74, 6) is 0.495. The van der Waals surface area contributed by atoms with E-state index < -0.39 is 0 Å². The van der Waals surface area contributed by atoms with Crippen LogP contribution < -0.4 is 20.7 Å². The van der Waals surface area contributed by atoms with Crippen molar-refractivity contribution in [1.82, 2.24) is 16.0 Å². The van der Waals surface area contributed by atoms with Crippen molar-refractivity contribution in [2.45, 2.75) is 50.5 Å². The van der Waals surface area contributed by atoms with E-state index in [-0.39, 0.29) is 36.3 Å². The van der Waals surface area contributed by atoms with Gasteiger partial charge in [-0.05, 0) is 55.2 Å². The van der Waals surface area contributed by atoms with Crippen LogP contribution in [0.4, 0.5) is 9.18 Å². The molecular weight excluding hydrogens is 416 g/mol. The molecule has 0 radical (unpaired) electrons. The predicted octanol–water partition coefficient (Wildman–Crippen LogP) is 4.17. The number of urea groups is 1. The summed E-state index contributed by atoms with van der Waals surface area (Å²) in [6, 6.07) is 12.5. The lowest BCUT2D eigenvalue weighted by molar-refractivity contribution is 0.247. The van der Waals surface area contributed by atoms with Crippen LogP contribution >= 0.6 is 24.0 Å². The second-order valence-corrected chi connectivity index (χ2v) is 7.83. The lowest BCUT2D eigenvalue weighted by atomic mass is 9.88.